The van der Waals surface area contributed by atoms with Crippen LogP contribution in [0.25, 0.3) is 0 Å². The molecule has 1 N–H and O–H groups in total. The van der Waals surface area contributed by atoms with Crippen LogP contribution in [-0.4, -0.2) is 41.2 Å². The van der Waals surface area contributed by atoms with Crippen molar-refractivity contribution in [3.8, 4) is 0 Å². The second-order valence-corrected chi connectivity index (χ2v) is 9.73. The first kappa shape index (κ1) is 22.6. The Hall–Kier alpha value is -1.45. The zero-order valence-electron chi connectivity index (χ0n) is 15.1. The number of halogens is 1. The van der Waals surface area contributed by atoms with E-state index in [0.29, 0.717) is 4.90 Å². The van der Waals surface area contributed by atoms with Gasteiger partial charge in [0.1, 0.15) is 0 Å². The first-order chi connectivity index (χ1) is 12.0. The molecular formula is C17H23ClN2O4S2. The van der Waals surface area contributed by atoms with Crippen molar-refractivity contribution in [2.45, 2.75) is 23.6 Å². The number of sulfonamides is 2. The van der Waals surface area contributed by atoms with Crippen molar-refractivity contribution in [2.24, 2.45) is 0 Å². The molecule has 0 saturated carbocycles. The maximum Gasteiger partial charge on any atom is 0.243 e. The van der Waals surface area contributed by atoms with Gasteiger partial charge in [-0.05, 0) is 45.2 Å². The minimum Gasteiger partial charge on any atom is -0.214 e. The average molecular weight is 419 g/mol. The molecule has 0 aliphatic rings. The first-order valence-corrected chi connectivity index (χ1v) is 11.1. The number of aryl methyl sites for hydroxylation is 2. The number of alkyl halides is 1. The topological polar surface area (TPSA) is 83.5 Å². The molecule has 0 atom stereocenters. The lowest BCUT2D eigenvalue weighted by molar-refractivity contribution is 0.511. The maximum absolute atomic E-state index is 11.7. The van der Waals surface area contributed by atoms with Crippen molar-refractivity contribution in [2.75, 3.05) is 20.1 Å². The van der Waals surface area contributed by atoms with Crippen molar-refractivity contribution in [1.29, 1.82) is 0 Å². The molecule has 0 aromatic heterocycles. The van der Waals surface area contributed by atoms with E-state index in [1.54, 1.807) is 48.5 Å². The van der Waals surface area contributed by atoms with E-state index in [-0.39, 0.29) is 10.9 Å². The lowest BCUT2D eigenvalue weighted by Gasteiger charge is -2.13. The average Bonchev–Trinajstić information content (AvgIpc) is 2.62. The highest BCUT2D eigenvalue weighted by molar-refractivity contribution is 7.89. The van der Waals surface area contributed by atoms with E-state index in [9.17, 15) is 16.8 Å². The number of benzene rings is 2. The smallest absolute Gasteiger partial charge is 0.214 e. The van der Waals surface area contributed by atoms with Crippen molar-refractivity contribution < 1.29 is 16.8 Å². The van der Waals surface area contributed by atoms with Gasteiger partial charge in [-0.25, -0.2) is 21.6 Å². The number of nitrogens with zero attached hydrogens (tertiary/aromatic N) is 1. The summed E-state index contributed by atoms with van der Waals surface area (Å²) in [6, 6.07) is 13.3. The predicted octanol–water partition coefficient (Wildman–Crippen LogP) is 2.71. The summed E-state index contributed by atoms with van der Waals surface area (Å²) in [5.41, 5.74) is 2.07. The summed E-state index contributed by atoms with van der Waals surface area (Å²) in [5.74, 6) is 0. The quantitative estimate of drug-likeness (QED) is 0.597. The molecule has 0 aliphatic carbocycles. The zero-order chi connectivity index (χ0) is 20.0. The maximum atomic E-state index is 11.7. The molecule has 2 aromatic rings. The predicted molar refractivity (Wildman–Crippen MR) is 104 cm³/mol. The molecule has 0 spiro atoms. The SMILES string of the molecule is CNS(=O)(=O)c1ccc(C)cc1.Cc1ccc(S(=O)(=O)N(C)CCl)cc1. The van der Waals surface area contributed by atoms with Gasteiger partial charge in [-0.2, -0.15) is 4.31 Å². The van der Waals surface area contributed by atoms with E-state index in [1.165, 1.54) is 14.1 Å². The van der Waals surface area contributed by atoms with Gasteiger partial charge in [0.2, 0.25) is 20.0 Å². The highest BCUT2D eigenvalue weighted by Gasteiger charge is 2.19. The molecule has 0 heterocycles. The lowest BCUT2D eigenvalue weighted by Crippen LogP contribution is -2.25. The highest BCUT2D eigenvalue weighted by atomic mass is 35.5. The van der Waals surface area contributed by atoms with Crippen LogP contribution >= 0.6 is 11.6 Å². The summed E-state index contributed by atoms with van der Waals surface area (Å²) >= 11 is 5.46. The molecule has 0 fully saturated rings. The summed E-state index contributed by atoms with van der Waals surface area (Å²) in [5, 5.41) is 0. The fourth-order valence-electron chi connectivity index (χ4n) is 1.79. The van der Waals surface area contributed by atoms with E-state index in [0.717, 1.165) is 15.4 Å². The summed E-state index contributed by atoms with van der Waals surface area (Å²) in [4.78, 5) is 0.571. The Morgan fingerprint density at radius 2 is 1.23 bits per heavy atom. The highest BCUT2D eigenvalue weighted by Crippen LogP contribution is 2.15. The van der Waals surface area contributed by atoms with Gasteiger partial charge in [0.15, 0.2) is 0 Å². The summed E-state index contributed by atoms with van der Waals surface area (Å²) < 4.78 is 49.2. The van der Waals surface area contributed by atoms with Gasteiger partial charge in [-0.15, -0.1) is 11.6 Å². The molecule has 0 saturated heterocycles. The molecule has 144 valence electrons. The second kappa shape index (κ2) is 9.48. The summed E-state index contributed by atoms with van der Waals surface area (Å²) in [6.45, 7) is 3.82. The standard InChI is InChI=1S/C9H12ClNO2S.C8H11NO2S/c1-8-3-5-9(6-4-8)14(12,13)11(2)7-10;1-7-3-5-8(6-4-7)12(10,11)9-2/h3-6H,7H2,1-2H3;3-6,9H,1-2H3. The molecule has 0 aliphatic heterocycles. The fraction of sp³-hybridized carbons (Fsp3) is 0.294. The fourth-order valence-corrected chi connectivity index (χ4v) is 3.87. The molecule has 2 rings (SSSR count). The molecule has 9 heteroatoms. The van der Waals surface area contributed by atoms with E-state index in [2.05, 4.69) is 4.72 Å². The van der Waals surface area contributed by atoms with E-state index < -0.39 is 20.0 Å². The van der Waals surface area contributed by atoms with Gasteiger partial charge in [0.25, 0.3) is 0 Å². The number of hydrogen-bond acceptors (Lipinski definition) is 4. The van der Waals surface area contributed by atoms with Crippen LogP contribution in [0.15, 0.2) is 58.3 Å². The molecule has 6 nitrogen and oxygen atoms in total. The van der Waals surface area contributed by atoms with Gasteiger partial charge in [0.05, 0.1) is 15.8 Å². The van der Waals surface area contributed by atoms with Gasteiger partial charge in [-0.1, -0.05) is 35.4 Å². The third-order valence-electron chi connectivity index (χ3n) is 3.50. The van der Waals surface area contributed by atoms with Gasteiger partial charge >= 0.3 is 0 Å². The molecule has 0 unspecified atom stereocenters. The third-order valence-corrected chi connectivity index (χ3v) is 7.25. The Morgan fingerprint density at radius 3 is 1.58 bits per heavy atom. The van der Waals surface area contributed by atoms with E-state index >= 15 is 0 Å². The minimum absolute atomic E-state index is 0.0454. The molecule has 0 amide bonds. The van der Waals surface area contributed by atoms with Crippen LogP contribution in [0.1, 0.15) is 11.1 Å². The Labute approximate surface area is 160 Å². The largest absolute Gasteiger partial charge is 0.243 e. The van der Waals surface area contributed by atoms with Crippen LogP contribution in [0.4, 0.5) is 0 Å². The first-order valence-electron chi connectivity index (χ1n) is 7.64. The van der Waals surface area contributed by atoms with Crippen LogP contribution in [0, 0.1) is 13.8 Å². The Kier molecular flexibility index (Phi) is 8.23. The van der Waals surface area contributed by atoms with E-state index in [4.69, 9.17) is 11.6 Å². The van der Waals surface area contributed by atoms with Crippen molar-refractivity contribution in [3.63, 3.8) is 0 Å². The van der Waals surface area contributed by atoms with Crippen molar-refractivity contribution in [1.82, 2.24) is 9.03 Å². The number of rotatable bonds is 5. The third kappa shape index (κ3) is 6.07. The Balaban J connectivity index is 0.000000263. The normalized spacial score (nSPS) is 11.8. The van der Waals surface area contributed by atoms with Crippen LogP contribution in [-0.2, 0) is 20.0 Å². The van der Waals surface area contributed by atoms with Crippen LogP contribution in [0.3, 0.4) is 0 Å². The minimum atomic E-state index is -3.40. The zero-order valence-corrected chi connectivity index (χ0v) is 17.5. The Bertz CT molecular complexity index is 910. The van der Waals surface area contributed by atoms with Gasteiger partial charge in [0, 0.05) is 7.05 Å². The van der Waals surface area contributed by atoms with Crippen molar-refractivity contribution in [3.05, 3.63) is 59.7 Å². The van der Waals surface area contributed by atoms with Crippen LogP contribution in [0.2, 0.25) is 0 Å². The molecular weight excluding hydrogens is 396 g/mol. The molecule has 26 heavy (non-hydrogen) atoms. The molecule has 0 bridgehead atoms. The summed E-state index contributed by atoms with van der Waals surface area (Å²) in [6.07, 6.45) is 0. The lowest BCUT2D eigenvalue weighted by atomic mass is 10.2. The Morgan fingerprint density at radius 1 is 0.846 bits per heavy atom. The molecule has 2 aromatic carbocycles. The van der Waals surface area contributed by atoms with Gasteiger partial charge < -0.3 is 0 Å². The van der Waals surface area contributed by atoms with Crippen molar-refractivity contribution >= 4 is 31.6 Å². The van der Waals surface area contributed by atoms with Crippen LogP contribution in [0.5, 0.6) is 0 Å². The summed E-state index contributed by atoms with van der Waals surface area (Å²) in [7, 11) is -3.82. The number of nitrogens with one attached hydrogen (secondary N) is 1. The molecule has 0 radical (unpaired) electrons. The second-order valence-electron chi connectivity index (χ2n) is 5.56. The number of hydrogen-bond donors (Lipinski definition) is 1. The van der Waals surface area contributed by atoms with Gasteiger partial charge in [-0.3, -0.25) is 0 Å². The van der Waals surface area contributed by atoms with Crippen LogP contribution < -0.4 is 4.72 Å². The van der Waals surface area contributed by atoms with E-state index in [1.807, 2.05) is 13.8 Å². The monoisotopic (exact) mass is 418 g/mol.